The van der Waals surface area contributed by atoms with Gasteiger partial charge in [0.05, 0.1) is 21.3 Å². The van der Waals surface area contributed by atoms with Gasteiger partial charge in [-0.1, -0.05) is 28.1 Å². The second-order valence-electron chi connectivity index (χ2n) is 7.69. The first-order valence-corrected chi connectivity index (χ1v) is 11.3. The molecule has 11 heteroatoms. The van der Waals surface area contributed by atoms with Crippen molar-refractivity contribution >= 4 is 40.2 Å². The van der Waals surface area contributed by atoms with Crippen molar-refractivity contribution < 1.29 is 19.0 Å². The van der Waals surface area contributed by atoms with Gasteiger partial charge >= 0.3 is 0 Å². The Kier molecular flexibility index (Phi) is 10.4. The van der Waals surface area contributed by atoms with Gasteiger partial charge in [-0.15, -0.1) is 12.4 Å². The fourth-order valence-corrected chi connectivity index (χ4v) is 4.30. The molecular weight excluding hydrogens is 526 g/mol. The van der Waals surface area contributed by atoms with Gasteiger partial charge in [-0.2, -0.15) is 4.99 Å². The lowest BCUT2D eigenvalue weighted by Crippen LogP contribution is -2.45. The Bertz CT molecular complexity index is 1020. The highest BCUT2D eigenvalue weighted by atomic mass is 79.9. The lowest BCUT2D eigenvalue weighted by molar-refractivity contribution is 0.0996. The summed E-state index contributed by atoms with van der Waals surface area (Å²) in [5.74, 6) is 1.25. The minimum atomic E-state index is -0.439. The molecule has 0 radical (unpaired) electrons. The van der Waals surface area contributed by atoms with Crippen LogP contribution in [0.15, 0.2) is 39.8 Å². The number of methoxy groups -OCH3 is 3. The zero-order valence-electron chi connectivity index (χ0n) is 19.5. The topological polar surface area (TPSA) is 116 Å². The average Bonchev–Trinajstić information content (AvgIpc) is 2.80. The predicted molar refractivity (Wildman–Crippen MR) is 138 cm³/mol. The van der Waals surface area contributed by atoms with Crippen LogP contribution in [0.3, 0.4) is 0 Å². The fraction of sp³-hybridized carbons (Fsp3) is 0.391. The van der Waals surface area contributed by atoms with Gasteiger partial charge in [0, 0.05) is 54.9 Å². The van der Waals surface area contributed by atoms with E-state index in [4.69, 9.17) is 25.7 Å². The summed E-state index contributed by atoms with van der Waals surface area (Å²) < 4.78 is 17.3. The molecule has 2 aromatic carbocycles. The Hall–Kier alpha value is -2.53. The van der Waals surface area contributed by atoms with E-state index in [-0.39, 0.29) is 18.4 Å². The minimum Gasteiger partial charge on any atom is -0.493 e. The first-order chi connectivity index (χ1) is 15.9. The molecular formula is C23H31BrClN5O4. The van der Waals surface area contributed by atoms with Crippen molar-refractivity contribution in [3.8, 4) is 17.2 Å². The third-order valence-electron chi connectivity index (χ3n) is 5.57. The molecule has 0 atom stereocenters. The zero-order chi connectivity index (χ0) is 24.0. The van der Waals surface area contributed by atoms with E-state index in [1.165, 1.54) is 0 Å². The molecule has 34 heavy (non-hydrogen) atoms. The molecule has 0 bridgehead atoms. The van der Waals surface area contributed by atoms with Gasteiger partial charge in [-0.05, 0) is 23.8 Å². The van der Waals surface area contributed by atoms with E-state index in [2.05, 4.69) is 30.7 Å². The monoisotopic (exact) mass is 555 g/mol. The molecule has 0 aliphatic carbocycles. The van der Waals surface area contributed by atoms with Crippen molar-refractivity contribution in [1.82, 2.24) is 9.80 Å². The Morgan fingerprint density at radius 1 is 0.912 bits per heavy atom. The Morgan fingerprint density at radius 2 is 1.47 bits per heavy atom. The summed E-state index contributed by atoms with van der Waals surface area (Å²) in [6.45, 7) is 4.87. The van der Waals surface area contributed by atoms with Crippen LogP contribution < -0.4 is 25.7 Å². The van der Waals surface area contributed by atoms with Gasteiger partial charge in [0.15, 0.2) is 17.5 Å². The molecule has 1 saturated heterocycles. The van der Waals surface area contributed by atoms with E-state index in [1.807, 2.05) is 24.3 Å². The lowest BCUT2D eigenvalue weighted by atomic mass is 10.1. The van der Waals surface area contributed by atoms with Crippen LogP contribution in [0.5, 0.6) is 17.2 Å². The molecule has 3 rings (SSSR count). The first kappa shape index (κ1) is 27.7. The van der Waals surface area contributed by atoms with Crippen LogP contribution in [-0.4, -0.2) is 69.2 Å². The second-order valence-corrected chi connectivity index (χ2v) is 8.60. The highest BCUT2D eigenvalue weighted by molar-refractivity contribution is 9.10. The molecule has 1 fully saturated rings. The number of hydrogen-bond acceptors (Lipinski definition) is 6. The van der Waals surface area contributed by atoms with E-state index in [1.54, 1.807) is 27.4 Å². The number of hydrogen-bond donors (Lipinski definition) is 2. The number of carbonyl (C=O) groups is 1. The summed E-state index contributed by atoms with van der Waals surface area (Å²) >= 11 is 3.42. The highest BCUT2D eigenvalue weighted by Crippen LogP contribution is 2.40. The molecule has 1 heterocycles. The summed E-state index contributed by atoms with van der Waals surface area (Å²) in [6.07, 6.45) is 0. The summed E-state index contributed by atoms with van der Waals surface area (Å²) in [6, 6.07) is 9.51. The normalized spacial score (nSPS) is 14.1. The molecule has 186 valence electrons. The molecule has 9 nitrogen and oxygen atoms in total. The van der Waals surface area contributed by atoms with E-state index in [0.717, 1.165) is 48.3 Å². The van der Waals surface area contributed by atoms with Crippen molar-refractivity contribution in [3.63, 3.8) is 0 Å². The van der Waals surface area contributed by atoms with E-state index < -0.39 is 5.91 Å². The molecule has 4 N–H and O–H groups in total. The molecule has 0 aromatic heterocycles. The summed E-state index contributed by atoms with van der Waals surface area (Å²) in [4.78, 5) is 20.8. The number of nitrogens with two attached hydrogens (primary N) is 2. The van der Waals surface area contributed by atoms with Crippen LogP contribution in [0.4, 0.5) is 0 Å². The smallest absolute Gasteiger partial charge is 0.280 e. The number of nitrogens with zero attached hydrogens (tertiary/aromatic N) is 3. The summed E-state index contributed by atoms with van der Waals surface area (Å²) in [5, 5.41) is 0. The maximum atomic E-state index is 12.5. The van der Waals surface area contributed by atoms with Crippen LogP contribution in [0, 0.1) is 0 Å². The van der Waals surface area contributed by atoms with E-state index >= 15 is 0 Å². The number of rotatable bonds is 8. The van der Waals surface area contributed by atoms with Crippen molar-refractivity contribution in [1.29, 1.82) is 0 Å². The van der Waals surface area contributed by atoms with Crippen molar-refractivity contribution in [2.45, 2.75) is 13.1 Å². The number of piperazine rings is 1. The maximum Gasteiger partial charge on any atom is 0.280 e. The lowest BCUT2D eigenvalue weighted by Gasteiger charge is -2.35. The third kappa shape index (κ3) is 6.75. The van der Waals surface area contributed by atoms with E-state index in [0.29, 0.717) is 29.4 Å². The number of aliphatic imine (C=N–C) groups is 1. The van der Waals surface area contributed by atoms with Gasteiger partial charge in [-0.25, -0.2) is 0 Å². The highest BCUT2D eigenvalue weighted by Gasteiger charge is 2.22. The van der Waals surface area contributed by atoms with Crippen LogP contribution in [-0.2, 0) is 13.1 Å². The van der Waals surface area contributed by atoms with Gasteiger partial charge < -0.3 is 25.7 Å². The van der Waals surface area contributed by atoms with Gasteiger partial charge in [0.25, 0.3) is 5.91 Å². The standard InChI is InChI=1S/C23H30BrN5O4.ClH/c1-31-19-7-5-16(20(32-2)21(19)33-3)14-29-10-8-28(9-11-29)13-15-4-6-17(24)12-18(15)22(30)27-23(25)26;/h4-7,12H,8-11,13-14H2,1-3H3,(H4,25,26,27,30);1H. The fourth-order valence-electron chi connectivity index (χ4n) is 3.94. The van der Waals surface area contributed by atoms with Gasteiger partial charge in [0.1, 0.15) is 0 Å². The summed E-state index contributed by atoms with van der Waals surface area (Å²) in [7, 11) is 4.85. The molecule has 0 spiro atoms. The van der Waals surface area contributed by atoms with Gasteiger partial charge in [-0.3, -0.25) is 14.6 Å². The molecule has 0 unspecified atom stereocenters. The first-order valence-electron chi connectivity index (χ1n) is 10.5. The van der Waals surface area contributed by atoms with E-state index in [9.17, 15) is 4.79 Å². The summed E-state index contributed by atoms with van der Waals surface area (Å²) in [5.41, 5.74) is 13.2. The minimum absolute atomic E-state index is 0. The molecule has 1 aliphatic rings. The number of carbonyl (C=O) groups excluding carboxylic acids is 1. The van der Waals surface area contributed by atoms with Crippen LogP contribution >= 0.6 is 28.3 Å². The molecule has 0 saturated carbocycles. The third-order valence-corrected chi connectivity index (χ3v) is 6.06. The molecule has 1 amide bonds. The van der Waals surface area contributed by atoms with Crippen LogP contribution in [0.2, 0.25) is 0 Å². The number of guanidine groups is 1. The Labute approximate surface area is 214 Å². The molecule has 2 aromatic rings. The number of amides is 1. The number of benzene rings is 2. The van der Waals surface area contributed by atoms with Crippen LogP contribution in [0.1, 0.15) is 21.5 Å². The van der Waals surface area contributed by atoms with Crippen LogP contribution in [0.25, 0.3) is 0 Å². The van der Waals surface area contributed by atoms with Crippen molar-refractivity contribution in [2.75, 3.05) is 47.5 Å². The average molecular weight is 557 g/mol. The number of ether oxygens (including phenoxy) is 3. The molecule has 1 aliphatic heterocycles. The quantitative estimate of drug-likeness (QED) is 0.377. The largest absolute Gasteiger partial charge is 0.493 e. The SMILES string of the molecule is COc1ccc(CN2CCN(Cc3ccc(Br)cc3C(=O)N=C(N)N)CC2)c(OC)c1OC.Cl. The maximum absolute atomic E-state index is 12.5. The Balaban J connectivity index is 0.00000408. The van der Waals surface area contributed by atoms with Crippen molar-refractivity contribution in [3.05, 3.63) is 51.5 Å². The van der Waals surface area contributed by atoms with Gasteiger partial charge in [0.2, 0.25) is 5.75 Å². The van der Waals surface area contributed by atoms with Crippen molar-refractivity contribution in [2.24, 2.45) is 16.5 Å². The second kappa shape index (κ2) is 12.8. The zero-order valence-corrected chi connectivity index (χ0v) is 21.9. The number of halogens is 2. The predicted octanol–water partition coefficient (Wildman–Crippen LogP) is 2.63. The Morgan fingerprint density at radius 3 is 2.00 bits per heavy atom.